The Morgan fingerprint density at radius 3 is 2.54 bits per heavy atom. The lowest BCUT2D eigenvalue weighted by molar-refractivity contribution is -0.0344. The number of carboxylic acid groups (broad SMARTS) is 1. The minimum absolute atomic E-state index is 0.196. The van der Waals surface area contributed by atoms with Crippen LogP contribution in [-0.4, -0.2) is 38.7 Å². The number of amides is 1. The van der Waals surface area contributed by atoms with E-state index >= 15 is 0 Å². The third-order valence-electron chi connectivity index (χ3n) is 6.17. The van der Waals surface area contributed by atoms with Gasteiger partial charge in [0.2, 0.25) is 0 Å². The van der Waals surface area contributed by atoms with Crippen molar-refractivity contribution in [3.8, 4) is 6.07 Å². The summed E-state index contributed by atoms with van der Waals surface area (Å²) in [7, 11) is 0. The van der Waals surface area contributed by atoms with Crippen molar-refractivity contribution in [1.82, 2.24) is 9.88 Å². The van der Waals surface area contributed by atoms with Gasteiger partial charge in [-0.1, -0.05) is 13.8 Å². The normalized spacial score (nSPS) is 24.7. The number of hydrogen-bond donors (Lipinski definition) is 2. The maximum atomic E-state index is 12.0. The predicted octanol–water partition coefficient (Wildman–Crippen LogP) is 4.34. The zero-order valence-electron chi connectivity index (χ0n) is 16.6. The van der Waals surface area contributed by atoms with Gasteiger partial charge in [0.25, 0.3) is 0 Å². The highest BCUT2D eigenvalue weighted by Crippen LogP contribution is 2.54. The molecule has 1 saturated carbocycles. The summed E-state index contributed by atoms with van der Waals surface area (Å²) in [4.78, 5) is 17.9. The maximum Gasteiger partial charge on any atom is 0.408 e. The molecule has 6 heteroatoms. The number of carbonyl (C=O) groups is 1. The van der Waals surface area contributed by atoms with Crippen LogP contribution in [0.1, 0.15) is 59.9 Å². The van der Waals surface area contributed by atoms with Crippen LogP contribution >= 0.6 is 0 Å². The fourth-order valence-corrected chi connectivity index (χ4v) is 4.37. The Hall–Kier alpha value is -2.29. The summed E-state index contributed by atoms with van der Waals surface area (Å²) in [5.74, 6) is 1.05. The maximum absolute atomic E-state index is 12.0. The van der Waals surface area contributed by atoms with Crippen LogP contribution in [0.25, 0.3) is 0 Å². The van der Waals surface area contributed by atoms with Gasteiger partial charge in [-0.3, -0.25) is 4.90 Å². The Bertz CT molecular complexity index is 700. The van der Waals surface area contributed by atoms with Crippen LogP contribution in [0.15, 0.2) is 18.3 Å². The lowest BCUT2D eigenvalue weighted by Gasteiger charge is -2.53. The first-order valence-electron chi connectivity index (χ1n) is 9.07. The van der Waals surface area contributed by atoms with Crippen molar-refractivity contribution in [2.45, 2.75) is 65.5 Å². The molecule has 0 unspecified atom stereocenters. The molecule has 1 aromatic rings. The van der Waals surface area contributed by atoms with Gasteiger partial charge >= 0.3 is 6.09 Å². The molecule has 0 spiro atoms. The second-order valence-corrected chi connectivity index (χ2v) is 8.94. The van der Waals surface area contributed by atoms with Crippen LogP contribution in [-0.2, 0) is 0 Å². The minimum Gasteiger partial charge on any atom is -0.465 e. The van der Waals surface area contributed by atoms with Gasteiger partial charge in [0.1, 0.15) is 11.9 Å². The fourth-order valence-electron chi connectivity index (χ4n) is 4.37. The van der Waals surface area contributed by atoms with Crippen LogP contribution in [0.3, 0.4) is 0 Å². The van der Waals surface area contributed by atoms with Gasteiger partial charge in [0.15, 0.2) is 0 Å². The van der Waals surface area contributed by atoms with E-state index in [2.05, 4.69) is 37.1 Å². The first kappa shape index (κ1) is 20.0. The van der Waals surface area contributed by atoms with Gasteiger partial charge in [-0.05, 0) is 64.0 Å². The summed E-state index contributed by atoms with van der Waals surface area (Å²) in [6.07, 6.45) is 2.47. The summed E-state index contributed by atoms with van der Waals surface area (Å²) in [5.41, 5.74) is -0.569. The van der Waals surface area contributed by atoms with Crippen molar-refractivity contribution in [3.63, 3.8) is 0 Å². The Morgan fingerprint density at radius 2 is 2.08 bits per heavy atom. The van der Waals surface area contributed by atoms with E-state index < -0.39 is 17.2 Å². The van der Waals surface area contributed by atoms with Gasteiger partial charge in [-0.2, -0.15) is 5.26 Å². The molecule has 6 nitrogen and oxygen atoms in total. The molecule has 0 aromatic carbocycles. The molecule has 0 aliphatic heterocycles. The fraction of sp³-hybridized carbons (Fsp3) is 0.650. The molecule has 1 heterocycles. The predicted molar refractivity (Wildman–Crippen MR) is 102 cm³/mol. The quantitative estimate of drug-likeness (QED) is 0.836. The second-order valence-electron chi connectivity index (χ2n) is 8.94. The molecule has 142 valence electrons. The number of anilines is 1. The molecule has 1 aliphatic rings. The highest BCUT2D eigenvalue weighted by Gasteiger charge is 2.58. The van der Waals surface area contributed by atoms with Crippen LogP contribution in [0.2, 0.25) is 0 Å². The van der Waals surface area contributed by atoms with E-state index in [9.17, 15) is 9.90 Å². The van der Waals surface area contributed by atoms with Crippen LogP contribution in [0.5, 0.6) is 0 Å². The Labute approximate surface area is 156 Å². The summed E-state index contributed by atoms with van der Waals surface area (Å²) in [6.45, 7) is 13.0. The number of pyridine rings is 1. The molecule has 26 heavy (non-hydrogen) atoms. The topological polar surface area (TPSA) is 89.3 Å². The molecule has 1 aliphatic carbocycles. The third-order valence-corrected chi connectivity index (χ3v) is 6.17. The Morgan fingerprint density at radius 1 is 1.42 bits per heavy atom. The van der Waals surface area contributed by atoms with E-state index in [-0.39, 0.29) is 5.41 Å². The van der Waals surface area contributed by atoms with Gasteiger partial charge in [-0.25, -0.2) is 9.78 Å². The van der Waals surface area contributed by atoms with Crippen molar-refractivity contribution in [2.24, 2.45) is 11.3 Å². The standard InChI is InChI=1S/C20H30N4O2/c1-18(2,3)24(17(25)26)20(6)10-9-15(19(20,4)5)13-23-16-8-7-14(11-21)12-22-16/h7-8,12,15H,9-10,13H2,1-6H3,(H,22,23)(H,25,26)/t15-,20-/m1/s1. The SMILES string of the molecule is CC(C)(C)N(C(=O)O)[C@]1(C)CC[C@H](CNc2ccc(C#N)cn2)C1(C)C. The van der Waals surface area contributed by atoms with E-state index in [1.807, 2.05) is 20.8 Å². The van der Waals surface area contributed by atoms with Gasteiger partial charge in [-0.15, -0.1) is 0 Å². The zero-order chi connectivity index (χ0) is 19.8. The minimum atomic E-state index is -0.865. The lowest BCUT2D eigenvalue weighted by Crippen LogP contribution is -2.63. The Kier molecular flexibility index (Phi) is 5.23. The van der Waals surface area contributed by atoms with Crippen molar-refractivity contribution in [1.29, 1.82) is 5.26 Å². The van der Waals surface area contributed by atoms with Crippen molar-refractivity contribution in [3.05, 3.63) is 23.9 Å². The van der Waals surface area contributed by atoms with E-state index in [0.717, 1.165) is 25.2 Å². The molecule has 0 saturated heterocycles. The molecule has 1 aromatic heterocycles. The molecule has 1 fully saturated rings. The number of nitriles is 1. The molecule has 0 bridgehead atoms. The number of rotatable bonds is 4. The van der Waals surface area contributed by atoms with Crippen molar-refractivity contribution >= 4 is 11.9 Å². The summed E-state index contributed by atoms with van der Waals surface area (Å²) in [5, 5.41) is 22.1. The van der Waals surface area contributed by atoms with Gasteiger partial charge in [0, 0.05) is 23.8 Å². The average molecular weight is 358 g/mol. The molecular weight excluding hydrogens is 328 g/mol. The summed E-state index contributed by atoms with van der Waals surface area (Å²) < 4.78 is 0. The van der Waals surface area contributed by atoms with Gasteiger partial charge < -0.3 is 10.4 Å². The average Bonchev–Trinajstić information content (AvgIpc) is 2.74. The molecule has 0 radical (unpaired) electrons. The first-order chi connectivity index (χ1) is 11.9. The molecule has 1 amide bonds. The van der Waals surface area contributed by atoms with Crippen LogP contribution < -0.4 is 5.32 Å². The number of nitrogens with one attached hydrogen (secondary N) is 1. The van der Waals surface area contributed by atoms with E-state index in [4.69, 9.17) is 5.26 Å². The third kappa shape index (κ3) is 3.48. The van der Waals surface area contributed by atoms with E-state index in [1.165, 1.54) is 0 Å². The largest absolute Gasteiger partial charge is 0.465 e. The van der Waals surface area contributed by atoms with Crippen molar-refractivity contribution in [2.75, 3.05) is 11.9 Å². The van der Waals surface area contributed by atoms with Crippen molar-refractivity contribution < 1.29 is 9.90 Å². The smallest absolute Gasteiger partial charge is 0.408 e. The summed E-state index contributed by atoms with van der Waals surface area (Å²) in [6, 6.07) is 5.61. The lowest BCUT2D eigenvalue weighted by atomic mass is 9.69. The second kappa shape index (κ2) is 6.79. The number of nitrogens with zero attached hydrogens (tertiary/aromatic N) is 3. The monoisotopic (exact) mass is 358 g/mol. The van der Waals surface area contributed by atoms with Crippen LogP contribution in [0, 0.1) is 22.7 Å². The highest BCUT2D eigenvalue weighted by atomic mass is 16.4. The first-order valence-corrected chi connectivity index (χ1v) is 9.07. The van der Waals surface area contributed by atoms with E-state index in [1.54, 1.807) is 23.2 Å². The molecule has 2 rings (SSSR count). The number of hydrogen-bond acceptors (Lipinski definition) is 4. The van der Waals surface area contributed by atoms with Gasteiger partial charge in [0.05, 0.1) is 5.56 Å². The molecule has 2 N–H and O–H groups in total. The number of aromatic nitrogens is 1. The zero-order valence-corrected chi connectivity index (χ0v) is 16.6. The Balaban J connectivity index is 2.18. The molecular formula is C20H30N4O2. The highest BCUT2D eigenvalue weighted by molar-refractivity contribution is 5.67. The summed E-state index contributed by atoms with van der Waals surface area (Å²) >= 11 is 0. The van der Waals surface area contributed by atoms with Crippen LogP contribution in [0.4, 0.5) is 10.6 Å². The molecule has 2 atom stereocenters. The van der Waals surface area contributed by atoms with E-state index in [0.29, 0.717) is 11.5 Å².